The van der Waals surface area contributed by atoms with Crippen molar-refractivity contribution >= 4 is 17.2 Å². The van der Waals surface area contributed by atoms with Crippen LogP contribution in [0.15, 0.2) is 29.4 Å². The highest BCUT2D eigenvalue weighted by atomic mass is 16.1. The zero-order chi connectivity index (χ0) is 10.1. The molecule has 1 aromatic carbocycles. The molecule has 0 spiro atoms. The number of nitrogens with zero attached hydrogens (tertiary/aromatic N) is 4. The van der Waals surface area contributed by atoms with Crippen molar-refractivity contribution in [2.75, 3.05) is 0 Å². The lowest BCUT2D eigenvalue weighted by molar-refractivity contribution is -0.108. The standard InChI is InChI=1S/C9H4N4O/c10-12-7-5-3-1-2-4-6(5)8(13-11)9(7)14/h1-4H. The predicted octanol–water partition coefficient (Wildman–Crippen LogP) is 0.360. The number of Topliss-reactive ketones (excluding diaryl/α,β-unsaturated/α-hetero) is 1. The Morgan fingerprint density at radius 1 is 1.29 bits per heavy atom. The molecule has 2 rings (SSSR count). The Labute approximate surface area is 78.5 Å². The molecule has 0 atom stereocenters. The van der Waals surface area contributed by atoms with E-state index in [0.717, 1.165) is 0 Å². The van der Waals surface area contributed by atoms with Gasteiger partial charge in [0.1, 0.15) is 5.70 Å². The Morgan fingerprint density at radius 3 is 2.50 bits per heavy atom. The van der Waals surface area contributed by atoms with Crippen molar-refractivity contribution < 1.29 is 4.79 Å². The lowest BCUT2D eigenvalue weighted by Gasteiger charge is -1.91. The molecule has 1 aliphatic rings. The number of hydrogen-bond donors (Lipinski definition) is 0. The number of carbonyl (C=O) groups excluding carboxylic acids is 1. The maximum atomic E-state index is 11.4. The van der Waals surface area contributed by atoms with E-state index in [1.807, 2.05) is 0 Å². The zero-order valence-corrected chi connectivity index (χ0v) is 7.01. The number of rotatable bonds is 1. The van der Waals surface area contributed by atoms with Gasteiger partial charge in [-0.2, -0.15) is 0 Å². The van der Waals surface area contributed by atoms with Crippen LogP contribution < -0.4 is 10.4 Å². The Hall–Kier alpha value is -2.35. The monoisotopic (exact) mass is 184 g/mol. The smallest absolute Gasteiger partial charge is 0.441 e. The molecular formula is C9H4N4O. The zero-order valence-electron chi connectivity index (χ0n) is 7.01. The Bertz CT molecular complexity index is 594. The first kappa shape index (κ1) is 8.26. The molecule has 5 heteroatoms. The first-order chi connectivity index (χ1) is 6.79. The molecule has 5 nitrogen and oxygen atoms in total. The van der Waals surface area contributed by atoms with Crippen LogP contribution in [0, 0.1) is 5.39 Å². The second kappa shape index (κ2) is 2.85. The van der Waals surface area contributed by atoms with Gasteiger partial charge in [0, 0.05) is 5.22 Å². The Kier molecular flexibility index (Phi) is 1.68. The van der Waals surface area contributed by atoms with E-state index >= 15 is 0 Å². The van der Waals surface area contributed by atoms with Gasteiger partial charge in [0.2, 0.25) is 5.39 Å². The molecule has 0 saturated carbocycles. The van der Waals surface area contributed by atoms with Crippen LogP contribution in [-0.2, 0) is 4.79 Å². The maximum Gasteiger partial charge on any atom is 0.441 e. The molecule has 0 amide bonds. The van der Waals surface area contributed by atoms with E-state index in [1.54, 1.807) is 24.3 Å². The number of diazo groups is 1. The summed E-state index contributed by atoms with van der Waals surface area (Å²) in [5.74, 6) is -0.573. The normalized spacial score (nSPS) is 13.8. The van der Waals surface area contributed by atoms with Crippen LogP contribution in [-0.4, -0.2) is 5.78 Å². The van der Waals surface area contributed by atoms with Crippen LogP contribution >= 0.6 is 0 Å². The summed E-state index contributed by atoms with van der Waals surface area (Å²) in [7, 11) is 0. The molecule has 0 unspecified atom stereocenters. The molecule has 0 aliphatic heterocycles. The highest BCUT2D eigenvalue weighted by molar-refractivity contribution is 6.38. The van der Waals surface area contributed by atoms with Crippen molar-refractivity contribution in [3.05, 3.63) is 45.2 Å². The molecule has 14 heavy (non-hydrogen) atoms. The van der Waals surface area contributed by atoms with E-state index in [2.05, 4.69) is 10.1 Å². The minimum atomic E-state index is -0.573. The Balaban J connectivity index is 3.05. The predicted molar refractivity (Wildman–Crippen MR) is 48.4 cm³/mol. The third kappa shape index (κ3) is 0.880. The van der Waals surface area contributed by atoms with Gasteiger partial charge in [0.05, 0.1) is 5.22 Å². The van der Waals surface area contributed by atoms with Crippen molar-refractivity contribution in [1.29, 1.82) is 5.39 Å². The number of hydrogen-bond acceptors (Lipinski definition) is 3. The molecular weight excluding hydrogens is 180 g/mol. The summed E-state index contributed by atoms with van der Waals surface area (Å²) in [6, 6.07) is 6.66. The van der Waals surface area contributed by atoms with Crippen LogP contribution in [0.5, 0.6) is 0 Å². The lowest BCUT2D eigenvalue weighted by Crippen LogP contribution is -2.22. The average Bonchev–Trinajstić information content (AvgIpc) is 2.49. The van der Waals surface area contributed by atoms with Crippen LogP contribution in [0.3, 0.4) is 0 Å². The van der Waals surface area contributed by atoms with Crippen molar-refractivity contribution in [2.45, 2.75) is 0 Å². The fraction of sp³-hybridized carbons (Fsp3) is 0. The van der Waals surface area contributed by atoms with Gasteiger partial charge in [-0.1, -0.05) is 18.2 Å². The quantitative estimate of drug-likeness (QED) is 0.466. The molecule has 0 aromatic heterocycles. The number of ketones is 1. The minimum Gasteiger partial charge on any atom is -0.706 e. The van der Waals surface area contributed by atoms with E-state index in [1.165, 1.54) is 0 Å². The second-order valence-electron chi connectivity index (χ2n) is 2.77. The molecule has 0 heterocycles. The fourth-order valence-electron chi connectivity index (χ4n) is 1.45. The third-order valence-corrected chi connectivity index (χ3v) is 2.07. The van der Waals surface area contributed by atoms with E-state index in [0.29, 0.717) is 10.4 Å². The molecule has 0 fully saturated rings. The topological polar surface area (TPSA) is 79.9 Å². The lowest BCUT2D eigenvalue weighted by atomic mass is 10.2. The van der Waals surface area contributed by atoms with Gasteiger partial charge >= 0.3 is 5.70 Å². The molecule has 1 aliphatic carbocycles. The van der Waals surface area contributed by atoms with Crippen LogP contribution in [0.25, 0.3) is 21.9 Å². The number of fused-ring (bicyclic) bond motifs is 1. The molecule has 1 aromatic rings. The Morgan fingerprint density at radius 2 is 1.93 bits per heavy atom. The van der Waals surface area contributed by atoms with Crippen molar-refractivity contribution in [3.63, 3.8) is 0 Å². The van der Waals surface area contributed by atoms with Gasteiger partial charge in [-0.25, -0.2) is 0 Å². The van der Waals surface area contributed by atoms with Crippen molar-refractivity contribution in [1.82, 2.24) is 0 Å². The first-order valence-electron chi connectivity index (χ1n) is 3.88. The molecule has 66 valence electrons. The van der Waals surface area contributed by atoms with Crippen LogP contribution in [0.2, 0.25) is 0 Å². The third-order valence-electron chi connectivity index (χ3n) is 2.07. The highest BCUT2D eigenvalue weighted by Gasteiger charge is 2.32. The maximum absolute atomic E-state index is 11.4. The summed E-state index contributed by atoms with van der Waals surface area (Å²) in [4.78, 5) is 14.3. The summed E-state index contributed by atoms with van der Waals surface area (Å²) in [6.45, 7) is 0. The first-order valence-corrected chi connectivity index (χ1v) is 3.88. The van der Waals surface area contributed by atoms with Crippen LogP contribution in [0.1, 0.15) is 0 Å². The van der Waals surface area contributed by atoms with E-state index in [9.17, 15) is 4.79 Å². The van der Waals surface area contributed by atoms with Gasteiger partial charge in [-0.05, 0) is 6.07 Å². The molecule has 0 bridgehead atoms. The highest BCUT2D eigenvalue weighted by Crippen LogP contribution is 2.11. The van der Waals surface area contributed by atoms with E-state index in [-0.39, 0.29) is 11.4 Å². The van der Waals surface area contributed by atoms with Gasteiger partial charge in [0.25, 0.3) is 5.78 Å². The van der Waals surface area contributed by atoms with Gasteiger partial charge in [-0.3, -0.25) is 4.79 Å². The van der Waals surface area contributed by atoms with Gasteiger partial charge < -0.3 is 10.6 Å². The fourth-order valence-corrected chi connectivity index (χ4v) is 1.45. The van der Waals surface area contributed by atoms with E-state index < -0.39 is 5.78 Å². The number of carbonyl (C=O) groups is 1. The van der Waals surface area contributed by atoms with Gasteiger partial charge in [0.15, 0.2) is 4.98 Å². The molecule has 0 saturated heterocycles. The summed E-state index contributed by atoms with van der Waals surface area (Å²) in [5, 5.41) is 12.5. The van der Waals surface area contributed by atoms with E-state index in [4.69, 9.17) is 10.9 Å². The summed E-state index contributed by atoms with van der Waals surface area (Å²) in [5.41, 5.74) is 8.45. The summed E-state index contributed by atoms with van der Waals surface area (Å²) in [6.07, 6.45) is 0. The minimum absolute atomic E-state index is 0.0894. The molecule has 0 radical (unpaired) electrons. The largest absolute Gasteiger partial charge is 0.706 e. The average molecular weight is 184 g/mol. The van der Waals surface area contributed by atoms with Crippen molar-refractivity contribution in [2.24, 2.45) is 5.11 Å². The van der Waals surface area contributed by atoms with Crippen LogP contribution in [0.4, 0.5) is 0 Å². The van der Waals surface area contributed by atoms with Crippen molar-refractivity contribution in [3.8, 4) is 0 Å². The SMILES string of the molecule is N#[N+]C1=c2ccccc2=C(N=[N-])C1=O. The van der Waals surface area contributed by atoms with Gasteiger partial charge in [-0.15, -0.1) is 0 Å². The summed E-state index contributed by atoms with van der Waals surface area (Å²) >= 11 is 0. The summed E-state index contributed by atoms with van der Waals surface area (Å²) < 4.78 is 0. The number of benzene rings is 1. The molecule has 0 N–H and O–H groups in total. The second-order valence-corrected chi connectivity index (χ2v) is 2.77.